The van der Waals surface area contributed by atoms with Crippen molar-refractivity contribution in [2.75, 3.05) is 0 Å². The fourth-order valence-electron chi connectivity index (χ4n) is 7.86. The number of hydrogen-bond donors (Lipinski definition) is 4. The summed E-state index contributed by atoms with van der Waals surface area (Å²) >= 11 is 0. The maximum Gasteiger partial charge on any atom is 0.209 e. The molecule has 1 aromatic rings. The Bertz CT molecular complexity index is 1330. The number of Topliss-reactive ketones (excluding diaryl/α,β-unsaturated/α-hetero) is 3. The number of aliphatic hydroxyl groups is 3. The van der Waals surface area contributed by atoms with Crippen molar-refractivity contribution in [3.05, 3.63) is 51.0 Å². The third kappa shape index (κ3) is 3.40. The van der Waals surface area contributed by atoms with Crippen molar-refractivity contribution in [2.24, 2.45) is 22.7 Å². The normalized spacial score (nSPS) is 31.1. The average molecular weight is 525 g/mol. The molecule has 38 heavy (non-hydrogen) atoms. The van der Waals surface area contributed by atoms with Gasteiger partial charge in [-0.15, -0.1) is 0 Å². The number of fused-ring (bicyclic) bond motifs is 3. The number of phenols is 1. The number of carbonyl (C=O) groups excluding carboxylic acids is 3. The van der Waals surface area contributed by atoms with Gasteiger partial charge in [-0.1, -0.05) is 61.0 Å². The van der Waals surface area contributed by atoms with Gasteiger partial charge in [0, 0.05) is 22.3 Å². The summed E-state index contributed by atoms with van der Waals surface area (Å²) in [4.78, 5) is 40.5. The highest BCUT2D eigenvalue weighted by atomic mass is 16.3. The van der Waals surface area contributed by atoms with E-state index < -0.39 is 51.0 Å². The smallest absolute Gasteiger partial charge is 0.209 e. The third-order valence-electron chi connectivity index (χ3n) is 9.26. The summed E-state index contributed by atoms with van der Waals surface area (Å²) in [6, 6.07) is 1.96. The van der Waals surface area contributed by atoms with E-state index in [-0.39, 0.29) is 40.9 Å². The number of allylic oxidation sites excluding steroid dienone is 2. The summed E-state index contributed by atoms with van der Waals surface area (Å²) in [5.41, 5.74) is -3.24. The molecule has 7 heteroatoms. The van der Waals surface area contributed by atoms with Gasteiger partial charge >= 0.3 is 0 Å². The highest BCUT2D eigenvalue weighted by Gasteiger charge is 2.71. The molecule has 0 saturated carbocycles. The summed E-state index contributed by atoms with van der Waals surface area (Å²) in [7, 11) is 0. The van der Waals surface area contributed by atoms with Crippen LogP contribution in [0.15, 0.2) is 28.7 Å². The maximum absolute atomic E-state index is 14.2. The predicted octanol–water partition coefficient (Wildman–Crippen LogP) is 5.42. The van der Waals surface area contributed by atoms with Gasteiger partial charge in [0.05, 0.1) is 5.56 Å². The minimum Gasteiger partial charge on any atom is -0.511 e. The molecule has 0 aromatic heterocycles. The van der Waals surface area contributed by atoms with Crippen LogP contribution in [0.3, 0.4) is 0 Å². The Kier molecular flexibility index (Phi) is 6.50. The van der Waals surface area contributed by atoms with Crippen molar-refractivity contribution in [3.63, 3.8) is 0 Å². The number of hydrogen-bond acceptors (Lipinski definition) is 7. The molecular weight excluding hydrogens is 484 g/mol. The number of ketones is 3. The Balaban J connectivity index is 2.09. The molecule has 0 fully saturated rings. The van der Waals surface area contributed by atoms with E-state index in [9.17, 15) is 34.8 Å². The SMILES string of the molecule is CCCc1cc(C(C)C)c2c(c1O)C(=O)C1=C(O)[C@@]3(O)C(=O)C(C(C)=O)=C(O)C(C(C)C)[C@@]3(C)C[C@@]1(C)C2. The molecule has 0 spiro atoms. The molecule has 0 heterocycles. The van der Waals surface area contributed by atoms with Gasteiger partial charge in [0.1, 0.15) is 22.8 Å². The van der Waals surface area contributed by atoms with Crippen molar-refractivity contribution in [1.82, 2.24) is 0 Å². The molecule has 0 saturated heterocycles. The maximum atomic E-state index is 14.2. The quantitative estimate of drug-likeness (QED) is 0.378. The Hall–Kier alpha value is -2.93. The summed E-state index contributed by atoms with van der Waals surface area (Å²) in [5.74, 6) is -4.78. The fourth-order valence-corrected chi connectivity index (χ4v) is 7.86. The molecule has 0 aliphatic heterocycles. The lowest BCUT2D eigenvalue weighted by molar-refractivity contribution is -0.171. The van der Waals surface area contributed by atoms with Crippen LogP contribution in [-0.4, -0.2) is 43.4 Å². The van der Waals surface area contributed by atoms with Crippen LogP contribution < -0.4 is 0 Å². The molecule has 7 nitrogen and oxygen atoms in total. The zero-order chi connectivity index (χ0) is 28.7. The number of rotatable bonds is 5. The standard InChI is InChI=1S/C31H40O7/c1-9-10-17-11-18(14(2)3)19-12-29(7)13-30(8)22(15(4)5)25(34)20(16(6)32)27(36)31(30,38)28(37)23(29)26(35)21(19)24(17)33/h11,14-15,22,33-34,37-38H,9-10,12-13H2,1-8H3/t22?,29-,30-,31+/m1/s1. The highest BCUT2D eigenvalue weighted by Crippen LogP contribution is 2.65. The van der Waals surface area contributed by atoms with Crippen LogP contribution >= 0.6 is 0 Å². The highest BCUT2D eigenvalue weighted by molar-refractivity contribution is 6.25. The van der Waals surface area contributed by atoms with Crippen LogP contribution in [0.25, 0.3) is 0 Å². The van der Waals surface area contributed by atoms with Crippen molar-refractivity contribution in [3.8, 4) is 5.75 Å². The van der Waals surface area contributed by atoms with E-state index in [1.165, 1.54) is 0 Å². The first-order valence-electron chi connectivity index (χ1n) is 13.6. The van der Waals surface area contributed by atoms with Crippen LogP contribution in [0.2, 0.25) is 0 Å². The van der Waals surface area contributed by atoms with Gasteiger partial charge in [0.2, 0.25) is 5.78 Å². The fraction of sp³-hybridized carbons (Fsp3) is 0.581. The lowest BCUT2D eigenvalue weighted by Crippen LogP contribution is -2.67. The summed E-state index contributed by atoms with van der Waals surface area (Å²) in [6.07, 6.45) is 1.73. The Morgan fingerprint density at radius 2 is 1.71 bits per heavy atom. The largest absolute Gasteiger partial charge is 0.511 e. The molecule has 4 atom stereocenters. The first kappa shape index (κ1) is 28.1. The molecule has 0 bridgehead atoms. The number of aromatic hydroxyl groups is 1. The van der Waals surface area contributed by atoms with E-state index in [0.717, 1.165) is 18.9 Å². The van der Waals surface area contributed by atoms with E-state index in [2.05, 4.69) is 0 Å². The van der Waals surface area contributed by atoms with E-state index in [4.69, 9.17) is 0 Å². The molecule has 1 aromatic carbocycles. The molecule has 3 aliphatic rings. The summed E-state index contributed by atoms with van der Waals surface area (Å²) < 4.78 is 0. The number of aliphatic hydroxyl groups excluding tert-OH is 2. The van der Waals surface area contributed by atoms with Gasteiger partial charge in [0.15, 0.2) is 17.2 Å². The molecule has 3 aliphatic carbocycles. The second-order valence-electron chi connectivity index (χ2n) is 12.7. The molecule has 4 N–H and O–H groups in total. The van der Waals surface area contributed by atoms with Gasteiger partial charge in [-0.05, 0) is 54.7 Å². The molecule has 4 rings (SSSR count). The van der Waals surface area contributed by atoms with Crippen LogP contribution in [-0.2, 0) is 22.4 Å². The van der Waals surface area contributed by atoms with Gasteiger partial charge in [-0.2, -0.15) is 0 Å². The predicted molar refractivity (Wildman–Crippen MR) is 143 cm³/mol. The number of benzene rings is 1. The van der Waals surface area contributed by atoms with E-state index in [1.54, 1.807) is 6.92 Å². The molecular formula is C31H40O7. The first-order valence-corrected chi connectivity index (χ1v) is 13.6. The molecule has 0 amide bonds. The van der Waals surface area contributed by atoms with Crippen LogP contribution in [0.5, 0.6) is 5.75 Å². The average Bonchev–Trinajstić information content (AvgIpc) is 2.77. The van der Waals surface area contributed by atoms with E-state index >= 15 is 0 Å². The van der Waals surface area contributed by atoms with Crippen molar-refractivity contribution in [1.29, 1.82) is 0 Å². The van der Waals surface area contributed by atoms with Gasteiger partial charge in [-0.3, -0.25) is 14.4 Å². The zero-order valence-electron chi connectivity index (χ0n) is 23.7. The number of aryl methyl sites for hydroxylation is 1. The Labute approximate surface area is 224 Å². The molecule has 0 radical (unpaired) electrons. The summed E-state index contributed by atoms with van der Waals surface area (Å²) in [6.45, 7) is 14.3. The van der Waals surface area contributed by atoms with Crippen molar-refractivity contribution in [2.45, 2.75) is 92.6 Å². The van der Waals surface area contributed by atoms with Gasteiger partial charge in [-0.25, -0.2) is 0 Å². The lowest BCUT2D eigenvalue weighted by atomic mass is 9.44. The Morgan fingerprint density at radius 3 is 2.21 bits per heavy atom. The topological polar surface area (TPSA) is 132 Å². The molecule has 1 unspecified atom stereocenters. The molecule has 206 valence electrons. The second kappa shape index (κ2) is 8.80. The lowest BCUT2D eigenvalue weighted by Gasteiger charge is -2.59. The third-order valence-corrected chi connectivity index (χ3v) is 9.26. The van der Waals surface area contributed by atoms with Crippen molar-refractivity contribution < 1.29 is 34.8 Å². The number of carbonyl (C=O) groups is 3. The summed E-state index contributed by atoms with van der Waals surface area (Å²) in [5, 5.41) is 46.3. The van der Waals surface area contributed by atoms with Gasteiger partial charge < -0.3 is 20.4 Å². The zero-order valence-corrected chi connectivity index (χ0v) is 23.7. The number of phenolic OH excluding ortho intramolecular Hbond substituents is 1. The van der Waals surface area contributed by atoms with Crippen LogP contribution in [0, 0.1) is 22.7 Å². The van der Waals surface area contributed by atoms with Gasteiger partial charge in [0.25, 0.3) is 0 Å². The monoisotopic (exact) mass is 524 g/mol. The minimum atomic E-state index is -2.59. The van der Waals surface area contributed by atoms with Crippen LogP contribution in [0.1, 0.15) is 101 Å². The van der Waals surface area contributed by atoms with Crippen molar-refractivity contribution >= 4 is 17.3 Å². The van der Waals surface area contributed by atoms with E-state index in [0.29, 0.717) is 24.0 Å². The minimum absolute atomic E-state index is 0.0661. The van der Waals surface area contributed by atoms with E-state index in [1.807, 2.05) is 47.6 Å². The second-order valence-corrected chi connectivity index (χ2v) is 12.7. The van der Waals surface area contributed by atoms with Crippen LogP contribution in [0.4, 0.5) is 0 Å². The first-order chi connectivity index (χ1) is 17.5. The Morgan fingerprint density at radius 1 is 1.11 bits per heavy atom.